The molecule has 1 aromatic carbocycles. The van der Waals surface area contributed by atoms with Crippen LogP contribution in [0.1, 0.15) is 39.2 Å². The van der Waals surface area contributed by atoms with Gasteiger partial charge in [0.25, 0.3) is 0 Å². The lowest BCUT2D eigenvalue weighted by Crippen LogP contribution is -2.62. The standard InChI is InChI=1S/C16H25ClN2/c1-5-13-10-18-16(4,6-2)11-19(13)15-8-7-12(3)9-14(15)17/h7-9,13,18H,5-6,10-11H2,1-4H3. The van der Waals surface area contributed by atoms with Gasteiger partial charge in [-0.1, -0.05) is 31.5 Å². The summed E-state index contributed by atoms with van der Waals surface area (Å²) in [5.41, 5.74) is 2.58. The molecule has 2 rings (SSSR count). The second-order valence-corrected chi connectivity index (χ2v) is 6.35. The van der Waals surface area contributed by atoms with Crippen LogP contribution in [0.5, 0.6) is 0 Å². The molecular formula is C16H25ClN2. The highest BCUT2D eigenvalue weighted by Crippen LogP contribution is 2.32. The third-order valence-electron chi connectivity index (χ3n) is 4.39. The van der Waals surface area contributed by atoms with E-state index in [0.29, 0.717) is 6.04 Å². The molecule has 3 heteroatoms. The predicted molar refractivity (Wildman–Crippen MR) is 84.3 cm³/mol. The Labute approximate surface area is 122 Å². The van der Waals surface area contributed by atoms with E-state index in [9.17, 15) is 0 Å². The zero-order valence-electron chi connectivity index (χ0n) is 12.5. The molecule has 106 valence electrons. The summed E-state index contributed by atoms with van der Waals surface area (Å²) in [5.74, 6) is 0. The number of piperazine rings is 1. The van der Waals surface area contributed by atoms with Crippen molar-refractivity contribution in [1.29, 1.82) is 0 Å². The molecule has 1 fully saturated rings. The van der Waals surface area contributed by atoms with Gasteiger partial charge in [0, 0.05) is 24.7 Å². The Morgan fingerprint density at radius 2 is 2.16 bits per heavy atom. The van der Waals surface area contributed by atoms with E-state index in [-0.39, 0.29) is 5.54 Å². The van der Waals surface area contributed by atoms with Crippen molar-refractivity contribution >= 4 is 17.3 Å². The largest absolute Gasteiger partial charge is 0.364 e. The van der Waals surface area contributed by atoms with Crippen molar-refractivity contribution in [3.63, 3.8) is 0 Å². The molecule has 0 bridgehead atoms. The van der Waals surface area contributed by atoms with Crippen LogP contribution in [0.25, 0.3) is 0 Å². The number of hydrogen-bond donors (Lipinski definition) is 1. The van der Waals surface area contributed by atoms with E-state index >= 15 is 0 Å². The molecule has 2 unspecified atom stereocenters. The fraction of sp³-hybridized carbons (Fsp3) is 0.625. The monoisotopic (exact) mass is 280 g/mol. The van der Waals surface area contributed by atoms with E-state index in [2.05, 4.69) is 56.1 Å². The van der Waals surface area contributed by atoms with Crippen LogP contribution in [0.2, 0.25) is 5.02 Å². The van der Waals surface area contributed by atoms with E-state index in [1.165, 1.54) is 11.3 Å². The number of hydrogen-bond acceptors (Lipinski definition) is 2. The first-order valence-electron chi connectivity index (χ1n) is 7.27. The molecule has 1 aromatic rings. The average Bonchev–Trinajstić information content (AvgIpc) is 2.39. The van der Waals surface area contributed by atoms with Crippen LogP contribution in [-0.2, 0) is 0 Å². The van der Waals surface area contributed by atoms with Gasteiger partial charge in [-0.05, 0) is 44.4 Å². The Bertz CT molecular complexity index is 446. The Morgan fingerprint density at radius 1 is 1.42 bits per heavy atom. The molecule has 0 spiro atoms. The van der Waals surface area contributed by atoms with Crippen LogP contribution in [0.3, 0.4) is 0 Å². The Balaban J connectivity index is 2.32. The summed E-state index contributed by atoms with van der Waals surface area (Å²) in [7, 11) is 0. The van der Waals surface area contributed by atoms with Gasteiger partial charge < -0.3 is 10.2 Å². The van der Waals surface area contributed by atoms with Gasteiger partial charge in [0.1, 0.15) is 0 Å². The number of rotatable bonds is 3. The molecule has 0 amide bonds. The van der Waals surface area contributed by atoms with E-state index < -0.39 is 0 Å². The number of aryl methyl sites for hydroxylation is 1. The van der Waals surface area contributed by atoms with Gasteiger partial charge in [-0.3, -0.25) is 0 Å². The van der Waals surface area contributed by atoms with Gasteiger partial charge >= 0.3 is 0 Å². The molecule has 1 aliphatic heterocycles. The zero-order valence-corrected chi connectivity index (χ0v) is 13.2. The van der Waals surface area contributed by atoms with Crippen LogP contribution in [0.4, 0.5) is 5.69 Å². The number of halogens is 1. The summed E-state index contributed by atoms with van der Waals surface area (Å²) in [4.78, 5) is 2.49. The van der Waals surface area contributed by atoms with Crippen LogP contribution in [0.15, 0.2) is 18.2 Å². The highest BCUT2D eigenvalue weighted by Gasteiger charge is 2.34. The highest BCUT2D eigenvalue weighted by molar-refractivity contribution is 6.33. The van der Waals surface area contributed by atoms with E-state index in [1.54, 1.807) is 0 Å². The summed E-state index contributed by atoms with van der Waals surface area (Å²) in [6.45, 7) is 10.9. The maximum Gasteiger partial charge on any atom is 0.0642 e. The van der Waals surface area contributed by atoms with Crippen molar-refractivity contribution in [3.8, 4) is 0 Å². The Hall–Kier alpha value is -0.730. The second-order valence-electron chi connectivity index (χ2n) is 5.94. The lowest BCUT2D eigenvalue weighted by atomic mass is 9.92. The number of nitrogens with zero attached hydrogens (tertiary/aromatic N) is 1. The molecule has 0 saturated carbocycles. The van der Waals surface area contributed by atoms with Gasteiger partial charge in [-0.15, -0.1) is 0 Å². The SMILES string of the molecule is CCC1CNC(C)(CC)CN1c1ccc(C)cc1Cl. The molecule has 0 radical (unpaired) electrons. The van der Waals surface area contributed by atoms with Gasteiger partial charge in [0.15, 0.2) is 0 Å². The van der Waals surface area contributed by atoms with Gasteiger partial charge in [0.05, 0.1) is 10.7 Å². The molecule has 1 N–H and O–H groups in total. The molecular weight excluding hydrogens is 256 g/mol. The fourth-order valence-electron chi connectivity index (χ4n) is 2.76. The molecule has 19 heavy (non-hydrogen) atoms. The average molecular weight is 281 g/mol. The number of benzene rings is 1. The molecule has 1 aliphatic rings. The summed E-state index contributed by atoms with van der Waals surface area (Å²) < 4.78 is 0. The summed E-state index contributed by atoms with van der Waals surface area (Å²) in [6.07, 6.45) is 2.26. The minimum atomic E-state index is 0.180. The quantitative estimate of drug-likeness (QED) is 0.900. The molecule has 0 aromatic heterocycles. The van der Waals surface area contributed by atoms with Crippen LogP contribution < -0.4 is 10.2 Å². The van der Waals surface area contributed by atoms with Gasteiger partial charge in [-0.25, -0.2) is 0 Å². The zero-order chi connectivity index (χ0) is 14.0. The van der Waals surface area contributed by atoms with Crippen molar-refractivity contribution in [1.82, 2.24) is 5.32 Å². The first-order chi connectivity index (χ1) is 8.99. The van der Waals surface area contributed by atoms with Gasteiger partial charge in [0.2, 0.25) is 0 Å². The molecule has 2 atom stereocenters. The fourth-order valence-corrected chi connectivity index (χ4v) is 3.11. The van der Waals surface area contributed by atoms with Crippen molar-refractivity contribution < 1.29 is 0 Å². The van der Waals surface area contributed by atoms with Crippen molar-refractivity contribution in [2.75, 3.05) is 18.0 Å². The summed E-state index contributed by atoms with van der Waals surface area (Å²) >= 11 is 6.46. The summed E-state index contributed by atoms with van der Waals surface area (Å²) in [6, 6.07) is 6.91. The number of anilines is 1. The van der Waals surface area contributed by atoms with Crippen LogP contribution in [0, 0.1) is 6.92 Å². The Kier molecular flexibility index (Phi) is 4.42. The smallest absolute Gasteiger partial charge is 0.0642 e. The third-order valence-corrected chi connectivity index (χ3v) is 4.69. The first-order valence-corrected chi connectivity index (χ1v) is 7.64. The van der Waals surface area contributed by atoms with Crippen LogP contribution >= 0.6 is 11.6 Å². The third kappa shape index (κ3) is 3.06. The van der Waals surface area contributed by atoms with E-state index in [0.717, 1.165) is 31.0 Å². The first kappa shape index (κ1) is 14.7. The van der Waals surface area contributed by atoms with Crippen LogP contribution in [-0.4, -0.2) is 24.7 Å². The van der Waals surface area contributed by atoms with E-state index in [4.69, 9.17) is 11.6 Å². The maximum absolute atomic E-state index is 6.46. The Morgan fingerprint density at radius 3 is 2.74 bits per heavy atom. The van der Waals surface area contributed by atoms with Gasteiger partial charge in [-0.2, -0.15) is 0 Å². The lowest BCUT2D eigenvalue weighted by Gasteiger charge is -2.47. The lowest BCUT2D eigenvalue weighted by molar-refractivity contribution is 0.276. The number of nitrogens with one attached hydrogen (secondary N) is 1. The molecule has 2 nitrogen and oxygen atoms in total. The van der Waals surface area contributed by atoms with E-state index in [1.807, 2.05) is 0 Å². The maximum atomic E-state index is 6.46. The second kappa shape index (κ2) is 5.72. The summed E-state index contributed by atoms with van der Waals surface area (Å²) in [5, 5.41) is 4.57. The minimum absolute atomic E-state index is 0.180. The minimum Gasteiger partial charge on any atom is -0.364 e. The van der Waals surface area contributed by atoms with Crippen molar-refractivity contribution in [3.05, 3.63) is 28.8 Å². The topological polar surface area (TPSA) is 15.3 Å². The normalized spacial score (nSPS) is 27.6. The molecule has 1 saturated heterocycles. The van der Waals surface area contributed by atoms with Crippen molar-refractivity contribution in [2.45, 2.75) is 52.1 Å². The predicted octanol–water partition coefficient (Wildman–Crippen LogP) is 4.01. The molecule has 0 aliphatic carbocycles. The highest BCUT2D eigenvalue weighted by atomic mass is 35.5. The van der Waals surface area contributed by atoms with Crippen molar-refractivity contribution in [2.24, 2.45) is 0 Å². The molecule has 1 heterocycles.